The molecule has 1 heterocycles. The summed E-state index contributed by atoms with van der Waals surface area (Å²) in [5.41, 5.74) is 0.909. The summed E-state index contributed by atoms with van der Waals surface area (Å²) in [5.74, 6) is 0.400. The number of aromatic nitrogens is 2. The number of carbonyl (C=O) groups excluding carboxylic acids is 1. The van der Waals surface area contributed by atoms with Crippen molar-refractivity contribution in [3.8, 4) is 5.69 Å². The molecule has 0 saturated carbocycles. The van der Waals surface area contributed by atoms with Crippen molar-refractivity contribution in [2.75, 3.05) is 0 Å². The maximum Gasteiger partial charge on any atom is 0.185 e. The van der Waals surface area contributed by atoms with E-state index >= 15 is 0 Å². The van der Waals surface area contributed by atoms with Gasteiger partial charge in [-0.05, 0) is 28.1 Å². The maximum atomic E-state index is 10.7. The lowest BCUT2D eigenvalue weighted by Gasteiger charge is -2.05. The van der Waals surface area contributed by atoms with Crippen molar-refractivity contribution in [2.24, 2.45) is 0 Å². The van der Waals surface area contributed by atoms with Crippen molar-refractivity contribution < 1.29 is 4.79 Å². The minimum absolute atomic E-state index is 0.400. The molecule has 70 valence electrons. The zero-order chi connectivity index (χ0) is 9.97. The third-order valence-electron chi connectivity index (χ3n) is 1.89. The topological polar surface area (TPSA) is 34.9 Å². The molecule has 0 spiro atoms. The van der Waals surface area contributed by atoms with Crippen LogP contribution in [0.2, 0.25) is 0 Å². The molecule has 2 rings (SSSR count). The lowest BCUT2D eigenvalue weighted by molar-refractivity contribution is 0.111. The summed E-state index contributed by atoms with van der Waals surface area (Å²) in [6.07, 6.45) is 4.09. The molecular formula is C10H7BrN2O. The number of nitrogens with zero attached hydrogens (tertiary/aromatic N) is 2. The Hall–Kier alpha value is -1.42. The van der Waals surface area contributed by atoms with E-state index in [0.29, 0.717) is 5.82 Å². The highest BCUT2D eigenvalue weighted by Crippen LogP contribution is 2.20. The molecule has 1 aromatic carbocycles. The molecule has 2 aromatic rings. The number of hydrogen-bond acceptors (Lipinski definition) is 2. The van der Waals surface area contributed by atoms with Crippen LogP contribution < -0.4 is 0 Å². The van der Waals surface area contributed by atoms with E-state index in [9.17, 15) is 4.79 Å². The van der Waals surface area contributed by atoms with Crippen LogP contribution in [0, 0.1) is 0 Å². The molecule has 0 fully saturated rings. The first-order chi connectivity index (χ1) is 6.83. The Kier molecular flexibility index (Phi) is 2.45. The van der Waals surface area contributed by atoms with Gasteiger partial charge in [-0.25, -0.2) is 4.98 Å². The predicted octanol–water partition coefficient (Wildman–Crippen LogP) is 2.45. The number of hydrogen-bond donors (Lipinski definition) is 0. The number of halogens is 1. The number of imidazole rings is 1. The molecule has 0 bridgehead atoms. The van der Waals surface area contributed by atoms with E-state index in [-0.39, 0.29) is 0 Å². The first kappa shape index (κ1) is 9.15. The highest BCUT2D eigenvalue weighted by molar-refractivity contribution is 9.10. The molecular weight excluding hydrogens is 244 g/mol. The largest absolute Gasteiger partial charge is 0.296 e. The zero-order valence-corrected chi connectivity index (χ0v) is 8.81. The molecule has 0 N–H and O–H groups in total. The fourth-order valence-electron chi connectivity index (χ4n) is 1.25. The van der Waals surface area contributed by atoms with Crippen LogP contribution in [-0.4, -0.2) is 15.8 Å². The van der Waals surface area contributed by atoms with Crippen molar-refractivity contribution in [1.82, 2.24) is 9.55 Å². The average Bonchev–Trinajstić information content (AvgIpc) is 2.66. The van der Waals surface area contributed by atoms with Crippen LogP contribution in [0.15, 0.2) is 41.1 Å². The fraction of sp³-hybridized carbons (Fsp3) is 0. The number of para-hydroxylation sites is 1. The van der Waals surface area contributed by atoms with Crippen LogP contribution in [0.1, 0.15) is 10.6 Å². The second-order valence-corrected chi connectivity index (χ2v) is 3.58. The molecule has 1 aromatic heterocycles. The number of carbonyl (C=O) groups is 1. The number of rotatable bonds is 2. The molecule has 3 nitrogen and oxygen atoms in total. The number of aldehydes is 1. The van der Waals surface area contributed by atoms with Gasteiger partial charge in [-0.1, -0.05) is 12.1 Å². The molecule has 0 radical (unpaired) electrons. The van der Waals surface area contributed by atoms with Crippen LogP contribution in [0.5, 0.6) is 0 Å². The van der Waals surface area contributed by atoms with E-state index in [4.69, 9.17) is 0 Å². The van der Waals surface area contributed by atoms with Crippen molar-refractivity contribution in [3.63, 3.8) is 0 Å². The highest BCUT2D eigenvalue weighted by atomic mass is 79.9. The molecule has 0 aliphatic carbocycles. The van der Waals surface area contributed by atoms with E-state index < -0.39 is 0 Å². The van der Waals surface area contributed by atoms with Crippen LogP contribution in [-0.2, 0) is 0 Å². The Morgan fingerprint density at radius 2 is 2.14 bits per heavy atom. The van der Waals surface area contributed by atoms with Gasteiger partial charge in [0, 0.05) is 16.9 Å². The summed E-state index contributed by atoms with van der Waals surface area (Å²) >= 11 is 3.42. The monoisotopic (exact) mass is 250 g/mol. The zero-order valence-electron chi connectivity index (χ0n) is 7.22. The Bertz CT molecular complexity index is 465. The average molecular weight is 251 g/mol. The van der Waals surface area contributed by atoms with Gasteiger partial charge in [0.05, 0.1) is 5.69 Å². The lowest BCUT2D eigenvalue weighted by atomic mass is 10.3. The van der Waals surface area contributed by atoms with Crippen LogP contribution in [0.25, 0.3) is 5.69 Å². The van der Waals surface area contributed by atoms with E-state index in [2.05, 4.69) is 20.9 Å². The number of benzene rings is 1. The van der Waals surface area contributed by atoms with Gasteiger partial charge < -0.3 is 0 Å². The third kappa shape index (κ3) is 1.48. The molecule has 0 saturated heterocycles. The first-order valence-corrected chi connectivity index (χ1v) is 4.85. The summed E-state index contributed by atoms with van der Waals surface area (Å²) in [6.45, 7) is 0. The van der Waals surface area contributed by atoms with Gasteiger partial charge in [-0.15, -0.1) is 0 Å². The van der Waals surface area contributed by atoms with Crippen molar-refractivity contribution in [2.45, 2.75) is 0 Å². The van der Waals surface area contributed by atoms with Crippen LogP contribution in [0.3, 0.4) is 0 Å². The molecule has 4 heteroatoms. The molecule has 0 atom stereocenters. The van der Waals surface area contributed by atoms with Crippen LogP contribution in [0.4, 0.5) is 0 Å². The van der Waals surface area contributed by atoms with E-state index in [1.54, 1.807) is 17.0 Å². The van der Waals surface area contributed by atoms with Crippen molar-refractivity contribution in [1.29, 1.82) is 0 Å². The van der Waals surface area contributed by atoms with Gasteiger partial charge in [0.15, 0.2) is 12.1 Å². The molecule has 0 amide bonds. The molecule has 14 heavy (non-hydrogen) atoms. The van der Waals surface area contributed by atoms with Gasteiger partial charge in [0.2, 0.25) is 0 Å². The molecule has 0 unspecified atom stereocenters. The van der Waals surface area contributed by atoms with Gasteiger partial charge in [0.25, 0.3) is 0 Å². The molecule has 0 aliphatic rings. The fourth-order valence-corrected chi connectivity index (χ4v) is 1.73. The van der Waals surface area contributed by atoms with Crippen LogP contribution >= 0.6 is 15.9 Å². The lowest BCUT2D eigenvalue weighted by Crippen LogP contribution is -1.99. The second-order valence-electron chi connectivity index (χ2n) is 2.72. The smallest absolute Gasteiger partial charge is 0.185 e. The summed E-state index contributed by atoms with van der Waals surface area (Å²) in [6, 6.07) is 7.67. The maximum absolute atomic E-state index is 10.7. The Morgan fingerprint density at radius 1 is 1.36 bits per heavy atom. The SMILES string of the molecule is O=Cc1nccn1-c1ccccc1Br. The summed E-state index contributed by atoms with van der Waals surface area (Å²) in [7, 11) is 0. The minimum Gasteiger partial charge on any atom is -0.296 e. The van der Waals surface area contributed by atoms with Gasteiger partial charge in [0.1, 0.15) is 0 Å². The third-order valence-corrected chi connectivity index (χ3v) is 2.56. The minimum atomic E-state index is 0.400. The quantitative estimate of drug-likeness (QED) is 0.768. The first-order valence-electron chi connectivity index (χ1n) is 4.06. The molecule has 0 aliphatic heterocycles. The standard InChI is InChI=1S/C10H7BrN2O/c11-8-3-1-2-4-9(8)13-6-5-12-10(13)7-14/h1-7H. The Balaban J connectivity index is 2.60. The normalized spacial score (nSPS) is 10.1. The van der Waals surface area contributed by atoms with E-state index in [0.717, 1.165) is 16.4 Å². The highest BCUT2D eigenvalue weighted by Gasteiger charge is 2.05. The van der Waals surface area contributed by atoms with E-state index in [1.807, 2.05) is 24.3 Å². The van der Waals surface area contributed by atoms with Crippen molar-refractivity contribution >= 4 is 22.2 Å². The van der Waals surface area contributed by atoms with Gasteiger partial charge in [-0.3, -0.25) is 9.36 Å². The van der Waals surface area contributed by atoms with Crippen molar-refractivity contribution in [3.05, 3.63) is 47.0 Å². The second kappa shape index (κ2) is 3.75. The Labute approximate surface area is 89.5 Å². The summed E-state index contributed by atoms with van der Waals surface area (Å²) in [5, 5.41) is 0. The summed E-state index contributed by atoms with van der Waals surface area (Å²) < 4.78 is 2.66. The summed E-state index contributed by atoms with van der Waals surface area (Å²) in [4.78, 5) is 14.6. The van der Waals surface area contributed by atoms with Gasteiger partial charge >= 0.3 is 0 Å². The van der Waals surface area contributed by atoms with Gasteiger partial charge in [-0.2, -0.15) is 0 Å². The van der Waals surface area contributed by atoms with E-state index in [1.165, 1.54) is 0 Å². The predicted molar refractivity (Wildman–Crippen MR) is 56.7 cm³/mol. The Morgan fingerprint density at radius 3 is 2.86 bits per heavy atom.